The van der Waals surface area contributed by atoms with Crippen LogP contribution in [-0.2, 0) is 11.8 Å². The number of nitrogens with one attached hydrogen (secondary N) is 1. The first-order valence-electron chi connectivity index (χ1n) is 9.52. The number of hydrogen-bond donors (Lipinski definition) is 1. The van der Waals surface area contributed by atoms with Gasteiger partial charge in [0.1, 0.15) is 0 Å². The lowest BCUT2D eigenvalue weighted by molar-refractivity contribution is -0.113. The predicted octanol–water partition coefficient (Wildman–Crippen LogP) is 5.61. The van der Waals surface area contributed by atoms with E-state index in [1.165, 1.54) is 34.2 Å². The molecule has 158 valence electrons. The third-order valence-corrected chi connectivity index (χ3v) is 6.94. The molecule has 2 heterocycles. The summed E-state index contributed by atoms with van der Waals surface area (Å²) in [6.45, 7) is 4.16. The number of aryl methyl sites for hydroxylation is 2. The molecule has 2 aromatic carbocycles. The number of rotatable bonds is 6. The quantitative estimate of drug-likeness (QED) is 0.372. The lowest BCUT2D eigenvalue weighted by Gasteiger charge is -2.05. The van der Waals surface area contributed by atoms with Crippen molar-refractivity contribution in [3.05, 3.63) is 64.0 Å². The van der Waals surface area contributed by atoms with Crippen LogP contribution in [0.15, 0.2) is 53.0 Å². The minimum absolute atomic E-state index is 0.145. The third-order valence-electron chi connectivity index (χ3n) is 4.84. The number of hydrogen-bond acceptors (Lipinski definition) is 6. The van der Waals surface area contributed by atoms with E-state index in [4.69, 9.17) is 11.6 Å². The van der Waals surface area contributed by atoms with Gasteiger partial charge >= 0.3 is 0 Å². The molecule has 2 aromatic heterocycles. The summed E-state index contributed by atoms with van der Waals surface area (Å²) in [7, 11) is 1.86. The lowest BCUT2D eigenvalue weighted by Crippen LogP contribution is -2.14. The van der Waals surface area contributed by atoms with E-state index in [1.54, 1.807) is 0 Å². The Morgan fingerprint density at radius 2 is 1.97 bits per heavy atom. The average molecular weight is 470 g/mol. The molecule has 0 aliphatic carbocycles. The van der Waals surface area contributed by atoms with E-state index in [0.29, 0.717) is 21.1 Å². The number of benzene rings is 2. The van der Waals surface area contributed by atoms with Crippen molar-refractivity contribution in [3.63, 3.8) is 0 Å². The summed E-state index contributed by atoms with van der Waals surface area (Å²) in [5.41, 5.74) is 5.16. The molecule has 0 aliphatic heterocycles. The van der Waals surface area contributed by atoms with Gasteiger partial charge in [0.2, 0.25) is 5.91 Å². The highest BCUT2D eigenvalue weighted by molar-refractivity contribution is 7.99. The second-order valence-electron chi connectivity index (χ2n) is 7.02. The maximum absolute atomic E-state index is 12.4. The zero-order valence-corrected chi connectivity index (χ0v) is 19.6. The van der Waals surface area contributed by atoms with Crippen molar-refractivity contribution in [1.82, 2.24) is 19.7 Å². The van der Waals surface area contributed by atoms with Gasteiger partial charge < -0.3 is 9.88 Å². The molecule has 0 bridgehead atoms. The van der Waals surface area contributed by atoms with Gasteiger partial charge in [0.25, 0.3) is 0 Å². The molecule has 1 N–H and O–H groups in total. The van der Waals surface area contributed by atoms with Crippen LogP contribution in [0.3, 0.4) is 0 Å². The Kier molecular flexibility index (Phi) is 6.41. The number of aromatic nitrogens is 4. The van der Waals surface area contributed by atoms with Crippen LogP contribution in [0.1, 0.15) is 11.1 Å². The fraction of sp³-hybridized carbons (Fsp3) is 0.182. The summed E-state index contributed by atoms with van der Waals surface area (Å²) in [6.07, 6.45) is 0. The summed E-state index contributed by atoms with van der Waals surface area (Å²) in [4.78, 5) is 17.0. The van der Waals surface area contributed by atoms with Crippen LogP contribution in [0.5, 0.6) is 0 Å². The van der Waals surface area contributed by atoms with E-state index in [-0.39, 0.29) is 11.7 Å². The monoisotopic (exact) mass is 469 g/mol. The molecule has 0 spiro atoms. The number of thioether (sulfide) groups is 1. The Hall–Kier alpha value is -2.68. The molecular formula is C22H20ClN5OS2. The fourth-order valence-corrected chi connectivity index (χ4v) is 4.63. The predicted molar refractivity (Wildman–Crippen MR) is 128 cm³/mol. The largest absolute Gasteiger partial charge is 0.305 e. The first kappa shape index (κ1) is 21.5. The van der Waals surface area contributed by atoms with Gasteiger partial charge in [0.15, 0.2) is 16.1 Å². The normalized spacial score (nSPS) is 11.0. The number of halogens is 1. The summed E-state index contributed by atoms with van der Waals surface area (Å²) < 4.78 is 1.83. The molecule has 1 amide bonds. The molecule has 4 rings (SSSR count). The lowest BCUT2D eigenvalue weighted by atomic mass is 10.1. The summed E-state index contributed by atoms with van der Waals surface area (Å²) in [5, 5.41) is 15.1. The number of amides is 1. The highest BCUT2D eigenvalue weighted by atomic mass is 35.5. The van der Waals surface area contributed by atoms with Crippen LogP contribution in [-0.4, -0.2) is 31.4 Å². The van der Waals surface area contributed by atoms with Gasteiger partial charge in [-0.2, -0.15) is 0 Å². The Balaban J connectivity index is 1.39. The Morgan fingerprint density at radius 1 is 1.16 bits per heavy atom. The van der Waals surface area contributed by atoms with E-state index >= 15 is 0 Å². The molecule has 6 nitrogen and oxygen atoms in total. The second kappa shape index (κ2) is 9.21. The third kappa shape index (κ3) is 4.81. The summed E-state index contributed by atoms with van der Waals surface area (Å²) in [6, 6.07) is 13.7. The van der Waals surface area contributed by atoms with E-state index in [0.717, 1.165) is 16.8 Å². The van der Waals surface area contributed by atoms with E-state index in [1.807, 2.05) is 47.3 Å². The van der Waals surface area contributed by atoms with Gasteiger partial charge in [-0.25, -0.2) is 4.98 Å². The van der Waals surface area contributed by atoms with Crippen molar-refractivity contribution in [2.75, 3.05) is 11.1 Å². The molecule has 0 atom stereocenters. The van der Waals surface area contributed by atoms with Crippen molar-refractivity contribution < 1.29 is 4.79 Å². The molecule has 9 heteroatoms. The maximum Gasteiger partial charge on any atom is 0.236 e. The van der Waals surface area contributed by atoms with Gasteiger partial charge in [-0.1, -0.05) is 47.6 Å². The molecule has 0 aliphatic rings. The first-order chi connectivity index (χ1) is 14.9. The number of nitrogens with zero attached hydrogens (tertiary/aromatic N) is 4. The van der Waals surface area contributed by atoms with Crippen LogP contribution < -0.4 is 5.32 Å². The molecular weight excluding hydrogens is 450 g/mol. The van der Waals surface area contributed by atoms with E-state index in [9.17, 15) is 4.79 Å². The second-order valence-corrected chi connectivity index (χ2v) is 9.23. The standard InChI is InChI=1S/C22H20ClN5OS2/c1-13-8-9-15(10-14(13)2)18-11-30-21(24-18)25-19(29)12-31-22-27-26-20(28(22)3)16-6-4-5-7-17(16)23/h4-11H,12H2,1-3H3,(H,24,25,29). The van der Waals surface area contributed by atoms with Crippen molar-refractivity contribution in [2.45, 2.75) is 19.0 Å². The SMILES string of the molecule is Cc1ccc(-c2csc(NC(=O)CSc3nnc(-c4ccccc4Cl)n3C)n2)cc1C. The van der Waals surface area contributed by atoms with Gasteiger partial charge in [0, 0.05) is 23.6 Å². The minimum atomic E-state index is -0.145. The van der Waals surface area contributed by atoms with Crippen LogP contribution in [0, 0.1) is 13.8 Å². The smallest absolute Gasteiger partial charge is 0.236 e. The van der Waals surface area contributed by atoms with E-state index in [2.05, 4.69) is 46.5 Å². The highest BCUT2D eigenvalue weighted by Gasteiger charge is 2.15. The van der Waals surface area contributed by atoms with Crippen molar-refractivity contribution in [3.8, 4) is 22.6 Å². The molecule has 0 saturated carbocycles. The van der Waals surface area contributed by atoms with E-state index < -0.39 is 0 Å². The average Bonchev–Trinajstić information content (AvgIpc) is 3.36. The van der Waals surface area contributed by atoms with Crippen molar-refractivity contribution >= 4 is 45.7 Å². The highest BCUT2D eigenvalue weighted by Crippen LogP contribution is 2.29. The van der Waals surface area contributed by atoms with Gasteiger partial charge in [-0.15, -0.1) is 21.5 Å². The van der Waals surface area contributed by atoms with Gasteiger partial charge in [-0.3, -0.25) is 4.79 Å². The number of thiazole rings is 1. The zero-order valence-electron chi connectivity index (χ0n) is 17.2. The zero-order chi connectivity index (χ0) is 22.0. The topological polar surface area (TPSA) is 72.7 Å². The van der Waals surface area contributed by atoms with Crippen LogP contribution in [0.2, 0.25) is 5.02 Å². The fourth-order valence-electron chi connectivity index (χ4n) is 2.97. The van der Waals surface area contributed by atoms with Crippen LogP contribution >= 0.6 is 34.7 Å². The van der Waals surface area contributed by atoms with Crippen LogP contribution in [0.25, 0.3) is 22.6 Å². The molecule has 31 heavy (non-hydrogen) atoms. The van der Waals surface area contributed by atoms with Crippen molar-refractivity contribution in [1.29, 1.82) is 0 Å². The number of anilines is 1. The van der Waals surface area contributed by atoms with Gasteiger partial charge in [0.05, 0.1) is 16.5 Å². The number of carbonyl (C=O) groups excluding carboxylic acids is 1. The number of carbonyl (C=O) groups is 1. The van der Waals surface area contributed by atoms with Gasteiger partial charge in [-0.05, 0) is 43.2 Å². The first-order valence-corrected chi connectivity index (χ1v) is 11.8. The van der Waals surface area contributed by atoms with Crippen LogP contribution in [0.4, 0.5) is 5.13 Å². The Labute approximate surface area is 193 Å². The van der Waals surface area contributed by atoms with Crippen molar-refractivity contribution in [2.24, 2.45) is 7.05 Å². The molecule has 4 aromatic rings. The summed E-state index contributed by atoms with van der Waals surface area (Å²) >= 11 is 8.99. The molecule has 0 fully saturated rings. The molecule has 0 saturated heterocycles. The Bertz CT molecular complexity index is 1250. The minimum Gasteiger partial charge on any atom is -0.305 e. The maximum atomic E-state index is 12.4. The molecule has 0 unspecified atom stereocenters. The Morgan fingerprint density at radius 3 is 2.74 bits per heavy atom. The molecule has 0 radical (unpaired) electrons. The summed E-state index contributed by atoms with van der Waals surface area (Å²) in [5.74, 6) is 0.715.